The van der Waals surface area contributed by atoms with E-state index in [1.54, 1.807) is 45.2 Å². The van der Waals surface area contributed by atoms with Crippen LogP contribution in [0.15, 0.2) is 29.3 Å². The fourth-order valence-corrected chi connectivity index (χ4v) is 2.66. The fraction of sp³-hybridized carbons (Fsp3) is 0.550. The Labute approximate surface area is 190 Å². The molecule has 29 heavy (non-hydrogen) atoms. The van der Waals surface area contributed by atoms with Crippen molar-refractivity contribution in [2.24, 2.45) is 10.9 Å². The number of hydrogen-bond donors (Lipinski definition) is 2. The van der Waals surface area contributed by atoms with E-state index in [0.29, 0.717) is 24.0 Å². The predicted molar refractivity (Wildman–Crippen MR) is 125 cm³/mol. The van der Waals surface area contributed by atoms with Gasteiger partial charge in [-0.15, -0.1) is 24.0 Å². The largest absolute Gasteiger partial charge is 0.381 e. The topological polar surface area (TPSA) is 86.3 Å². The number of rotatable bonds is 7. The molecule has 1 aromatic carbocycles. The van der Waals surface area contributed by atoms with E-state index in [0.717, 1.165) is 31.7 Å². The molecule has 8 nitrogen and oxygen atoms in total. The first kappa shape index (κ1) is 25.2. The van der Waals surface area contributed by atoms with E-state index in [1.807, 2.05) is 12.1 Å². The third kappa shape index (κ3) is 8.57. The van der Waals surface area contributed by atoms with Crippen LogP contribution in [0, 0.1) is 5.92 Å². The van der Waals surface area contributed by atoms with Crippen LogP contribution in [-0.4, -0.2) is 82.1 Å². The molecule has 2 amide bonds. The van der Waals surface area contributed by atoms with Crippen LogP contribution >= 0.6 is 24.0 Å². The lowest BCUT2D eigenvalue weighted by Gasteiger charge is -2.16. The summed E-state index contributed by atoms with van der Waals surface area (Å²) in [4.78, 5) is 31.5. The molecule has 0 bridgehead atoms. The van der Waals surface area contributed by atoms with Crippen LogP contribution < -0.4 is 10.6 Å². The lowest BCUT2D eigenvalue weighted by Crippen LogP contribution is -2.44. The summed E-state index contributed by atoms with van der Waals surface area (Å²) in [7, 11) is 6.91. The van der Waals surface area contributed by atoms with Gasteiger partial charge in [0.25, 0.3) is 5.91 Å². The van der Waals surface area contributed by atoms with E-state index < -0.39 is 0 Å². The van der Waals surface area contributed by atoms with Gasteiger partial charge >= 0.3 is 0 Å². The Morgan fingerprint density at radius 2 is 1.79 bits per heavy atom. The van der Waals surface area contributed by atoms with Crippen LogP contribution in [0.2, 0.25) is 0 Å². The van der Waals surface area contributed by atoms with Gasteiger partial charge in [0, 0.05) is 52.8 Å². The molecule has 162 valence electrons. The van der Waals surface area contributed by atoms with Crippen LogP contribution in [0.5, 0.6) is 0 Å². The third-order valence-electron chi connectivity index (χ3n) is 4.51. The molecule has 1 unspecified atom stereocenters. The first-order valence-corrected chi connectivity index (χ1v) is 9.47. The first-order chi connectivity index (χ1) is 13.4. The number of aliphatic imine (C=N–C) groups is 1. The van der Waals surface area contributed by atoms with Gasteiger partial charge in [0.15, 0.2) is 5.96 Å². The minimum atomic E-state index is -0.0277. The number of likely N-dealkylation sites (N-methyl/N-ethyl adjacent to an activating group) is 1. The fourth-order valence-electron chi connectivity index (χ4n) is 2.66. The molecule has 0 aromatic heterocycles. The van der Waals surface area contributed by atoms with Crippen LogP contribution in [0.1, 0.15) is 22.3 Å². The number of amides is 2. The number of ether oxygens (including phenoxy) is 1. The van der Waals surface area contributed by atoms with Crippen molar-refractivity contribution in [3.8, 4) is 0 Å². The Morgan fingerprint density at radius 1 is 1.10 bits per heavy atom. The highest BCUT2D eigenvalue weighted by molar-refractivity contribution is 14.0. The Morgan fingerprint density at radius 3 is 2.34 bits per heavy atom. The van der Waals surface area contributed by atoms with Crippen molar-refractivity contribution in [1.82, 2.24) is 20.4 Å². The van der Waals surface area contributed by atoms with Crippen molar-refractivity contribution in [1.29, 1.82) is 0 Å². The molecule has 0 aliphatic carbocycles. The maximum atomic E-state index is 12.0. The number of carbonyl (C=O) groups excluding carboxylic acids is 2. The third-order valence-corrected chi connectivity index (χ3v) is 4.51. The second-order valence-electron chi connectivity index (χ2n) is 7.31. The highest BCUT2D eigenvalue weighted by atomic mass is 127. The summed E-state index contributed by atoms with van der Waals surface area (Å²) in [5.74, 6) is 0.994. The van der Waals surface area contributed by atoms with Gasteiger partial charge < -0.3 is 25.2 Å². The van der Waals surface area contributed by atoms with E-state index in [1.165, 1.54) is 4.90 Å². The minimum absolute atomic E-state index is 0. The minimum Gasteiger partial charge on any atom is -0.381 e. The average Bonchev–Trinajstić information content (AvgIpc) is 3.20. The van der Waals surface area contributed by atoms with Gasteiger partial charge in [0.1, 0.15) is 0 Å². The SMILES string of the molecule is CN(C)C(=O)CNC(=NCc1ccc(C(=O)N(C)C)cc1)NCC1CCOC1.I. The molecule has 2 N–H and O–H groups in total. The van der Waals surface area contributed by atoms with Crippen molar-refractivity contribution in [2.75, 3.05) is 54.5 Å². The van der Waals surface area contributed by atoms with Crippen molar-refractivity contribution < 1.29 is 14.3 Å². The first-order valence-electron chi connectivity index (χ1n) is 9.47. The Hall–Kier alpha value is -1.88. The van der Waals surface area contributed by atoms with Gasteiger partial charge in [-0.3, -0.25) is 9.59 Å². The molecule has 9 heteroatoms. The van der Waals surface area contributed by atoms with E-state index in [-0.39, 0.29) is 42.3 Å². The number of guanidine groups is 1. The number of halogens is 1. The predicted octanol–water partition coefficient (Wildman–Crippen LogP) is 1.17. The maximum absolute atomic E-state index is 12.0. The second kappa shape index (κ2) is 12.6. The number of nitrogens with one attached hydrogen (secondary N) is 2. The molecular weight excluding hydrogens is 485 g/mol. The zero-order valence-electron chi connectivity index (χ0n) is 17.6. The highest BCUT2D eigenvalue weighted by Crippen LogP contribution is 2.11. The van der Waals surface area contributed by atoms with Gasteiger partial charge in [-0.25, -0.2) is 4.99 Å². The molecule has 1 heterocycles. The second-order valence-corrected chi connectivity index (χ2v) is 7.31. The standard InChI is InChI=1S/C20H31N5O3.HI/c1-24(2)18(26)13-23-20(22-12-16-9-10-28-14-16)21-11-15-5-7-17(8-6-15)19(27)25(3)4;/h5-8,16H,9-14H2,1-4H3,(H2,21,22,23);1H. The van der Waals surface area contributed by atoms with E-state index in [2.05, 4.69) is 15.6 Å². The summed E-state index contributed by atoms with van der Waals surface area (Å²) in [6, 6.07) is 7.40. The molecule has 1 saturated heterocycles. The van der Waals surface area contributed by atoms with Crippen LogP contribution in [0.25, 0.3) is 0 Å². The summed E-state index contributed by atoms with van der Waals surface area (Å²) in [5, 5.41) is 6.38. The van der Waals surface area contributed by atoms with Gasteiger partial charge in [-0.1, -0.05) is 12.1 Å². The lowest BCUT2D eigenvalue weighted by atomic mass is 10.1. The molecular formula is C20H32IN5O3. The Kier molecular flexibility index (Phi) is 11.0. The average molecular weight is 517 g/mol. The summed E-state index contributed by atoms with van der Waals surface area (Å²) in [5.41, 5.74) is 1.63. The Balaban J connectivity index is 0.00000420. The molecule has 1 atom stereocenters. The summed E-state index contributed by atoms with van der Waals surface area (Å²) in [6.45, 7) is 2.92. The molecule has 0 saturated carbocycles. The molecule has 1 aromatic rings. The zero-order chi connectivity index (χ0) is 20.5. The van der Waals surface area contributed by atoms with Crippen LogP contribution in [-0.2, 0) is 16.1 Å². The smallest absolute Gasteiger partial charge is 0.253 e. The summed E-state index contributed by atoms with van der Waals surface area (Å²) >= 11 is 0. The highest BCUT2D eigenvalue weighted by Gasteiger charge is 2.16. The summed E-state index contributed by atoms with van der Waals surface area (Å²) in [6.07, 6.45) is 1.03. The number of carbonyl (C=O) groups is 2. The molecule has 1 fully saturated rings. The normalized spacial score (nSPS) is 16.0. The zero-order valence-corrected chi connectivity index (χ0v) is 19.9. The molecule has 1 aliphatic rings. The van der Waals surface area contributed by atoms with Crippen molar-refractivity contribution in [2.45, 2.75) is 13.0 Å². The van der Waals surface area contributed by atoms with Crippen molar-refractivity contribution in [3.63, 3.8) is 0 Å². The lowest BCUT2D eigenvalue weighted by molar-refractivity contribution is -0.127. The Bertz CT molecular complexity index is 686. The number of nitrogens with zero attached hydrogens (tertiary/aromatic N) is 3. The summed E-state index contributed by atoms with van der Waals surface area (Å²) < 4.78 is 5.40. The van der Waals surface area contributed by atoms with E-state index >= 15 is 0 Å². The van der Waals surface area contributed by atoms with E-state index in [9.17, 15) is 9.59 Å². The van der Waals surface area contributed by atoms with Crippen LogP contribution in [0.4, 0.5) is 0 Å². The molecule has 0 spiro atoms. The van der Waals surface area contributed by atoms with Gasteiger partial charge in [0.05, 0.1) is 19.7 Å². The maximum Gasteiger partial charge on any atom is 0.253 e. The van der Waals surface area contributed by atoms with Crippen LogP contribution in [0.3, 0.4) is 0 Å². The van der Waals surface area contributed by atoms with Gasteiger partial charge in [-0.2, -0.15) is 0 Å². The van der Waals surface area contributed by atoms with Crippen molar-refractivity contribution >= 4 is 41.8 Å². The van der Waals surface area contributed by atoms with Gasteiger partial charge in [0.2, 0.25) is 5.91 Å². The quantitative estimate of drug-likeness (QED) is 0.322. The monoisotopic (exact) mass is 517 g/mol. The number of hydrogen-bond acceptors (Lipinski definition) is 4. The van der Waals surface area contributed by atoms with Crippen molar-refractivity contribution in [3.05, 3.63) is 35.4 Å². The number of benzene rings is 1. The van der Waals surface area contributed by atoms with E-state index in [4.69, 9.17) is 4.74 Å². The molecule has 1 aliphatic heterocycles. The molecule has 0 radical (unpaired) electrons. The van der Waals surface area contributed by atoms with Gasteiger partial charge in [-0.05, 0) is 24.1 Å². The molecule has 2 rings (SSSR count).